The fourth-order valence-corrected chi connectivity index (χ4v) is 3.08. The Morgan fingerprint density at radius 1 is 1.62 bits per heavy atom. The van der Waals surface area contributed by atoms with Crippen LogP contribution in [0.1, 0.15) is 39.7 Å². The second-order valence-electron chi connectivity index (χ2n) is 5.73. The minimum Gasteiger partial charge on any atom is -0.368 e. The Balaban J connectivity index is 1.94. The first-order valence-corrected chi connectivity index (χ1v) is 7.91. The van der Waals surface area contributed by atoms with Crippen molar-refractivity contribution in [2.24, 2.45) is 5.92 Å². The Kier molecular flexibility index (Phi) is 4.42. The average Bonchev–Trinajstić information content (AvgIpc) is 3.20. The number of nitrogens with one attached hydrogen (secondary N) is 1. The van der Waals surface area contributed by atoms with Gasteiger partial charge in [0, 0.05) is 6.04 Å². The number of nitrogens with two attached hydrogens (primary N) is 1. The van der Waals surface area contributed by atoms with Gasteiger partial charge in [-0.3, -0.25) is 9.36 Å². The summed E-state index contributed by atoms with van der Waals surface area (Å²) in [6.45, 7) is 5.73. The van der Waals surface area contributed by atoms with Gasteiger partial charge in [0.15, 0.2) is 5.16 Å². The van der Waals surface area contributed by atoms with Crippen molar-refractivity contribution in [3.05, 3.63) is 0 Å². The summed E-state index contributed by atoms with van der Waals surface area (Å²) in [6.07, 6.45) is 1.99. The van der Waals surface area contributed by atoms with Gasteiger partial charge in [0.1, 0.15) is 5.54 Å². The number of nitrogens with zero attached hydrogens (tertiary/aromatic N) is 4. The molecule has 7 nitrogen and oxygen atoms in total. The van der Waals surface area contributed by atoms with Crippen LogP contribution in [0.25, 0.3) is 0 Å². The van der Waals surface area contributed by atoms with E-state index < -0.39 is 5.54 Å². The van der Waals surface area contributed by atoms with Gasteiger partial charge in [0.25, 0.3) is 0 Å². The number of nitriles is 1. The van der Waals surface area contributed by atoms with E-state index in [2.05, 4.69) is 21.6 Å². The Morgan fingerprint density at radius 2 is 2.29 bits per heavy atom. The summed E-state index contributed by atoms with van der Waals surface area (Å²) in [4.78, 5) is 12.0. The van der Waals surface area contributed by atoms with Crippen LogP contribution < -0.4 is 11.1 Å². The second-order valence-corrected chi connectivity index (χ2v) is 6.67. The summed E-state index contributed by atoms with van der Waals surface area (Å²) in [5.41, 5.74) is 4.99. The number of carbonyl (C=O) groups is 1. The Labute approximate surface area is 128 Å². The summed E-state index contributed by atoms with van der Waals surface area (Å²) in [6, 6.07) is 2.34. The Bertz CT molecular complexity index is 574. The summed E-state index contributed by atoms with van der Waals surface area (Å²) < 4.78 is 1.78. The lowest BCUT2D eigenvalue weighted by molar-refractivity contribution is -0.119. The van der Waals surface area contributed by atoms with Crippen molar-refractivity contribution in [3.63, 3.8) is 0 Å². The molecule has 0 aliphatic heterocycles. The van der Waals surface area contributed by atoms with Crippen LogP contribution in [0.5, 0.6) is 0 Å². The summed E-state index contributed by atoms with van der Waals surface area (Å²) >= 11 is 1.28. The highest BCUT2D eigenvalue weighted by Crippen LogP contribution is 2.39. The van der Waals surface area contributed by atoms with Crippen molar-refractivity contribution in [1.29, 1.82) is 5.26 Å². The highest BCUT2D eigenvalue weighted by Gasteiger charge is 2.42. The molecule has 0 radical (unpaired) electrons. The zero-order chi connectivity index (χ0) is 15.6. The van der Waals surface area contributed by atoms with Crippen molar-refractivity contribution >= 4 is 23.6 Å². The molecule has 8 heteroatoms. The number of hydrogen-bond donors (Lipinski definition) is 2. The first-order chi connectivity index (χ1) is 9.87. The molecule has 1 atom stereocenters. The molecule has 2 rings (SSSR count). The number of hydrogen-bond acceptors (Lipinski definition) is 6. The molecule has 114 valence electrons. The quantitative estimate of drug-likeness (QED) is 0.767. The molecule has 3 N–H and O–H groups in total. The number of thioether (sulfide) groups is 1. The molecule has 1 unspecified atom stereocenters. The standard InChI is InChI=1S/C13H20N6OS/c1-8(2)19-11(15)17-18-12(19)21-6-10(20)16-13(3,7-14)9-4-5-9/h8-9H,4-6H2,1-3H3,(H2,15,17)(H,16,20). The lowest BCUT2D eigenvalue weighted by Gasteiger charge is -2.22. The Hall–Kier alpha value is -1.75. The third-order valence-electron chi connectivity index (χ3n) is 3.56. The van der Waals surface area contributed by atoms with Crippen LogP contribution in [-0.4, -0.2) is 32.0 Å². The SMILES string of the molecule is CC(C)n1c(N)nnc1SCC(=O)NC(C)(C#N)C1CC1. The number of anilines is 1. The van der Waals surface area contributed by atoms with Crippen LogP contribution in [0, 0.1) is 17.2 Å². The van der Waals surface area contributed by atoms with E-state index in [-0.39, 0.29) is 23.6 Å². The van der Waals surface area contributed by atoms with Gasteiger partial charge in [0.05, 0.1) is 11.8 Å². The van der Waals surface area contributed by atoms with Gasteiger partial charge in [0.2, 0.25) is 11.9 Å². The number of rotatable bonds is 6. The van der Waals surface area contributed by atoms with E-state index in [0.29, 0.717) is 11.1 Å². The maximum absolute atomic E-state index is 12.0. The van der Waals surface area contributed by atoms with Crippen molar-refractivity contribution in [2.45, 2.75) is 50.4 Å². The molecule has 1 aromatic rings. The number of aromatic nitrogens is 3. The minimum absolute atomic E-state index is 0.126. The molecule has 1 heterocycles. The van der Waals surface area contributed by atoms with E-state index >= 15 is 0 Å². The normalized spacial score (nSPS) is 17.3. The van der Waals surface area contributed by atoms with Crippen LogP contribution in [0.2, 0.25) is 0 Å². The summed E-state index contributed by atoms with van der Waals surface area (Å²) in [5.74, 6) is 0.626. The van der Waals surface area contributed by atoms with Crippen molar-refractivity contribution in [1.82, 2.24) is 20.1 Å². The van der Waals surface area contributed by atoms with Crippen LogP contribution in [0.4, 0.5) is 5.95 Å². The fraction of sp³-hybridized carbons (Fsp3) is 0.692. The van der Waals surface area contributed by atoms with Crippen LogP contribution >= 0.6 is 11.8 Å². The molecule has 0 aromatic carbocycles. The van der Waals surface area contributed by atoms with Crippen molar-refractivity contribution < 1.29 is 4.79 Å². The van der Waals surface area contributed by atoms with E-state index in [9.17, 15) is 10.1 Å². The molecule has 1 saturated carbocycles. The number of amides is 1. The molecule has 1 fully saturated rings. The topological polar surface area (TPSA) is 110 Å². The molecule has 1 amide bonds. The van der Waals surface area contributed by atoms with Gasteiger partial charge in [-0.05, 0) is 39.5 Å². The highest BCUT2D eigenvalue weighted by atomic mass is 32.2. The molecule has 1 aliphatic carbocycles. The molecule has 1 aromatic heterocycles. The maximum Gasteiger partial charge on any atom is 0.231 e. The Morgan fingerprint density at radius 3 is 2.81 bits per heavy atom. The first kappa shape index (κ1) is 15.6. The van der Waals surface area contributed by atoms with E-state index in [1.54, 1.807) is 11.5 Å². The zero-order valence-electron chi connectivity index (χ0n) is 12.5. The summed E-state index contributed by atoms with van der Waals surface area (Å²) in [5, 5.41) is 20.5. The largest absolute Gasteiger partial charge is 0.368 e. The predicted molar refractivity (Wildman–Crippen MR) is 80.4 cm³/mol. The zero-order valence-corrected chi connectivity index (χ0v) is 13.3. The number of carbonyl (C=O) groups excluding carboxylic acids is 1. The van der Waals surface area contributed by atoms with Gasteiger partial charge < -0.3 is 11.1 Å². The average molecular weight is 308 g/mol. The molecule has 0 bridgehead atoms. The molecule has 0 saturated heterocycles. The third-order valence-corrected chi connectivity index (χ3v) is 4.51. The van der Waals surface area contributed by atoms with Gasteiger partial charge in [-0.15, -0.1) is 10.2 Å². The molecular formula is C13H20N6OS. The molecular weight excluding hydrogens is 288 g/mol. The van der Waals surface area contributed by atoms with Crippen LogP contribution in [-0.2, 0) is 4.79 Å². The number of nitrogen functional groups attached to an aromatic ring is 1. The van der Waals surface area contributed by atoms with Gasteiger partial charge >= 0.3 is 0 Å². The highest BCUT2D eigenvalue weighted by molar-refractivity contribution is 7.99. The smallest absolute Gasteiger partial charge is 0.231 e. The maximum atomic E-state index is 12.0. The van der Waals surface area contributed by atoms with Crippen LogP contribution in [0.3, 0.4) is 0 Å². The van der Waals surface area contributed by atoms with Gasteiger partial charge in [-0.1, -0.05) is 11.8 Å². The van der Waals surface area contributed by atoms with Crippen LogP contribution in [0.15, 0.2) is 5.16 Å². The lowest BCUT2D eigenvalue weighted by atomic mass is 9.98. The first-order valence-electron chi connectivity index (χ1n) is 6.93. The minimum atomic E-state index is -0.762. The van der Waals surface area contributed by atoms with E-state index in [1.807, 2.05) is 13.8 Å². The van der Waals surface area contributed by atoms with E-state index in [1.165, 1.54) is 11.8 Å². The van der Waals surface area contributed by atoms with Gasteiger partial charge in [-0.2, -0.15) is 5.26 Å². The molecule has 21 heavy (non-hydrogen) atoms. The van der Waals surface area contributed by atoms with Crippen molar-refractivity contribution in [2.75, 3.05) is 11.5 Å². The monoisotopic (exact) mass is 308 g/mol. The molecule has 1 aliphatic rings. The van der Waals surface area contributed by atoms with E-state index in [4.69, 9.17) is 5.73 Å². The molecule has 0 spiro atoms. The summed E-state index contributed by atoms with van der Waals surface area (Å²) in [7, 11) is 0. The fourth-order valence-electron chi connectivity index (χ4n) is 2.21. The third kappa shape index (κ3) is 3.47. The van der Waals surface area contributed by atoms with Gasteiger partial charge in [-0.25, -0.2) is 0 Å². The van der Waals surface area contributed by atoms with Crippen molar-refractivity contribution in [3.8, 4) is 6.07 Å². The predicted octanol–water partition coefficient (Wildman–Crippen LogP) is 1.34. The van der Waals surface area contributed by atoms with E-state index in [0.717, 1.165) is 12.8 Å². The lowest BCUT2D eigenvalue weighted by Crippen LogP contribution is -2.47. The second kappa shape index (κ2) is 5.93.